The molecule has 1 rings (SSSR count). The molecule has 3 atom stereocenters. The zero-order valence-corrected chi connectivity index (χ0v) is 15.6. The van der Waals surface area contributed by atoms with Crippen molar-refractivity contribution in [1.29, 1.82) is 0 Å². The summed E-state index contributed by atoms with van der Waals surface area (Å²) in [6, 6.07) is -1.41. The molecule has 0 bridgehead atoms. The lowest BCUT2D eigenvalue weighted by Crippen LogP contribution is -2.46. The first-order valence-electron chi connectivity index (χ1n) is 7.48. The fourth-order valence-corrected chi connectivity index (χ4v) is 3.41. The van der Waals surface area contributed by atoms with Crippen LogP contribution >= 0.6 is 27.7 Å². The summed E-state index contributed by atoms with van der Waals surface area (Å²) in [5.74, 6) is 0.185. The number of alkyl halides is 1. The number of aliphatic imine (C=N–C) groups is 1. The second kappa shape index (κ2) is 7.33. The molecule has 122 valence electrons. The summed E-state index contributed by atoms with van der Waals surface area (Å²) in [4.78, 5) is 16.4. The molecule has 1 unspecified atom stereocenters. The van der Waals surface area contributed by atoms with E-state index in [1.165, 1.54) is 11.8 Å². The van der Waals surface area contributed by atoms with E-state index in [0.29, 0.717) is 22.5 Å². The number of ether oxygens (including phenoxy) is 1. The van der Waals surface area contributed by atoms with Crippen molar-refractivity contribution in [3.05, 3.63) is 0 Å². The number of alkyl carbamates (subject to hydrolysis) is 1. The number of halogens is 1. The first-order chi connectivity index (χ1) is 9.96. The van der Waals surface area contributed by atoms with Crippen LogP contribution in [0, 0.1) is 5.92 Å². The molecule has 1 aliphatic heterocycles. The molecule has 0 aromatic heterocycles. The van der Waals surface area contributed by atoms with Gasteiger partial charge in [0.05, 0.1) is 17.8 Å². The largest absolute Gasteiger partial charge is 0.444 e. The number of hydrogen-bond donors (Lipinski definition) is 2. The van der Waals surface area contributed by atoms with E-state index >= 15 is 0 Å². The smallest absolute Gasteiger partial charge is 0.408 e. The maximum absolute atomic E-state index is 12.1. The molecule has 0 aromatic carbocycles. The summed E-state index contributed by atoms with van der Waals surface area (Å²) in [6.45, 7) is 9.13. The minimum atomic E-state index is -1.41. The van der Waals surface area contributed by atoms with Gasteiger partial charge in [-0.05, 0) is 26.7 Å². The second-order valence-corrected chi connectivity index (χ2v) is 7.70. The lowest BCUT2D eigenvalue weighted by atomic mass is 10.00. The van der Waals surface area contributed by atoms with E-state index in [1.807, 2.05) is 13.8 Å². The molecule has 0 saturated heterocycles. The predicted molar refractivity (Wildman–Crippen MR) is 91.2 cm³/mol. The molecular formula is C14H25BrN2O3S. The van der Waals surface area contributed by atoms with E-state index in [2.05, 4.69) is 26.2 Å². The highest BCUT2D eigenvalue weighted by atomic mass is 79.9. The van der Waals surface area contributed by atoms with Crippen molar-refractivity contribution >= 4 is 38.8 Å². The molecule has 5 nitrogen and oxygen atoms in total. The van der Waals surface area contributed by atoms with Gasteiger partial charge in [-0.25, -0.2) is 9.79 Å². The highest BCUT2D eigenvalue weighted by molar-refractivity contribution is 9.09. The molecule has 0 aliphatic carbocycles. The number of aliphatic hydroxyl groups is 1. The van der Waals surface area contributed by atoms with Gasteiger partial charge in [0, 0.05) is 5.75 Å². The molecule has 1 aliphatic rings. The molecule has 7 heteroatoms. The highest BCUT2D eigenvalue weighted by Crippen LogP contribution is 2.31. The van der Waals surface area contributed by atoms with Gasteiger partial charge in [0.25, 0.3) is 0 Å². The van der Waals surface area contributed by atoms with Crippen molar-refractivity contribution in [2.24, 2.45) is 10.9 Å². The Hall–Kier alpha value is -0.270. The average Bonchev–Trinajstić information content (AvgIpc) is 2.79. The molecule has 21 heavy (non-hydrogen) atoms. The van der Waals surface area contributed by atoms with Crippen LogP contribution in [-0.4, -0.2) is 44.7 Å². The van der Waals surface area contributed by atoms with Crippen LogP contribution < -0.4 is 5.32 Å². The van der Waals surface area contributed by atoms with Gasteiger partial charge >= 0.3 is 6.09 Å². The van der Waals surface area contributed by atoms with Gasteiger partial charge in [-0.2, -0.15) is 0 Å². The minimum Gasteiger partial charge on any atom is -0.444 e. The lowest BCUT2D eigenvalue weighted by molar-refractivity contribution is 0.0505. The van der Waals surface area contributed by atoms with Crippen LogP contribution in [-0.2, 0) is 4.74 Å². The van der Waals surface area contributed by atoms with E-state index in [4.69, 9.17) is 6.11 Å². The van der Waals surface area contributed by atoms with E-state index in [9.17, 15) is 9.90 Å². The summed E-state index contributed by atoms with van der Waals surface area (Å²) in [7, 11) is 0. The fraction of sp³-hybridized carbons (Fsp3) is 0.857. The van der Waals surface area contributed by atoms with Crippen LogP contribution in [0.2, 0.25) is 0 Å². The maximum atomic E-state index is 12.1. The quantitative estimate of drug-likeness (QED) is 0.717. The molecule has 0 saturated carbocycles. The first-order valence-corrected chi connectivity index (χ1v) is 9.09. The molecule has 0 radical (unpaired) electrons. The average molecular weight is 382 g/mol. The summed E-state index contributed by atoms with van der Waals surface area (Å²) in [5.41, 5.74) is -1.86. The van der Waals surface area contributed by atoms with Crippen molar-refractivity contribution in [2.45, 2.75) is 58.4 Å². The van der Waals surface area contributed by atoms with Gasteiger partial charge in [-0.3, -0.25) is 0 Å². The minimum absolute atomic E-state index is 0.177. The zero-order valence-electron chi connectivity index (χ0n) is 14.2. The van der Waals surface area contributed by atoms with Crippen molar-refractivity contribution in [2.75, 3.05) is 11.1 Å². The third-order valence-electron chi connectivity index (χ3n) is 2.93. The summed E-state index contributed by atoms with van der Waals surface area (Å²) in [6.07, 6.45) is 0.0337. The third kappa shape index (κ3) is 5.79. The first kappa shape index (κ1) is 17.1. The summed E-state index contributed by atoms with van der Waals surface area (Å²) in [5, 5.41) is 13.6. The van der Waals surface area contributed by atoms with E-state index in [-0.39, 0.29) is 5.92 Å². The van der Waals surface area contributed by atoms with Gasteiger partial charge in [0.2, 0.25) is 0 Å². The number of carbonyl (C=O) groups excluding carboxylic acids is 1. The molecule has 0 fully saturated rings. The number of nitrogens with zero attached hydrogens (tertiary/aromatic N) is 1. The Morgan fingerprint density at radius 3 is 2.76 bits per heavy atom. The topological polar surface area (TPSA) is 70.9 Å². The monoisotopic (exact) mass is 381 g/mol. The Morgan fingerprint density at radius 2 is 2.33 bits per heavy atom. The SMILES string of the molecule is [2H][C@@](NC(=O)OC(C)(C)C)(C1=NC(O)(CBr)CS1)[C@@H](C)CC. The van der Waals surface area contributed by atoms with Crippen molar-refractivity contribution in [3.8, 4) is 0 Å². The zero-order chi connectivity index (χ0) is 17.2. The molecule has 0 spiro atoms. The number of thioether (sulfide) groups is 1. The molecular weight excluding hydrogens is 356 g/mol. The van der Waals surface area contributed by atoms with Crippen molar-refractivity contribution in [1.82, 2.24) is 5.32 Å². The van der Waals surface area contributed by atoms with Crippen LogP contribution in [0.25, 0.3) is 0 Å². The number of amides is 1. The number of hydrogen-bond acceptors (Lipinski definition) is 5. The standard InChI is InChI=1S/C14H25BrN2O3S/c1-6-9(2)10(16-12(18)20-13(3,4)5)11-17-14(19,7-15)8-21-11/h9-10,19H,6-8H2,1-5H3,(H,16,18)/t9-,10-,14?/m0/s1/i10D. The predicted octanol–water partition coefficient (Wildman–Crippen LogP) is 3.15. The van der Waals surface area contributed by atoms with Crippen LogP contribution in [0.3, 0.4) is 0 Å². The summed E-state index contributed by atoms with van der Waals surface area (Å²) < 4.78 is 14.0. The Balaban J connectivity index is 3.02. The Kier molecular flexibility index (Phi) is 5.96. The highest BCUT2D eigenvalue weighted by Gasteiger charge is 2.37. The van der Waals surface area contributed by atoms with Gasteiger partial charge in [-0.15, -0.1) is 11.8 Å². The van der Waals surface area contributed by atoms with Gasteiger partial charge < -0.3 is 15.2 Å². The third-order valence-corrected chi connectivity index (χ3v) is 5.02. The van der Waals surface area contributed by atoms with E-state index in [1.54, 1.807) is 20.8 Å². The van der Waals surface area contributed by atoms with Gasteiger partial charge in [0.1, 0.15) is 5.60 Å². The normalized spacial score (nSPS) is 27.4. The summed E-state index contributed by atoms with van der Waals surface area (Å²) >= 11 is 4.52. The lowest BCUT2D eigenvalue weighted by Gasteiger charge is -2.26. The molecule has 1 heterocycles. The maximum Gasteiger partial charge on any atom is 0.408 e. The Morgan fingerprint density at radius 1 is 1.71 bits per heavy atom. The van der Waals surface area contributed by atoms with Crippen LogP contribution in [0.5, 0.6) is 0 Å². The molecule has 0 aromatic rings. The van der Waals surface area contributed by atoms with Crippen LogP contribution in [0.1, 0.15) is 42.4 Å². The van der Waals surface area contributed by atoms with Gasteiger partial charge in [-0.1, -0.05) is 36.2 Å². The Bertz CT molecular complexity index is 458. The number of carbonyl (C=O) groups is 1. The molecule has 1 amide bonds. The molecule has 2 N–H and O–H groups in total. The number of rotatable bonds is 5. The van der Waals surface area contributed by atoms with Gasteiger partial charge in [0.15, 0.2) is 5.72 Å². The number of nitrogens with one attached hydrogen (secondary N) is 1. The second-order valence-electron chi connectivity index (χ2n) is 6.17. The Labute approximate surface area is 140 Å². The van der Waals surface area contributed by atoms with E-state index in [0.717, 1.165) is 0 Å². The van der Waals surface area contributed by atoms with Crippen LogP contribution in [0.15, 0.2) is 4.99 Å². The van der Waals surface area contributed by atoms with E-state index < -0.39 is 23.4 Å². The van der Waals surface area contributed by atoms with Crippen molar-refractivity contribution < 1.29 is 16.0 Å². The van der Waals surface area contributed by atoms with Crippen molar-refractivity contribution in [3.63, 3.8) is 0 Å². The van der Waals surface area contributed by atoms with Crippen LogP contribution in [0.4, 0.5) is 4.79 Å². The fourth-order valence-electron chi connectivity index (χ4n) is 1.65.